The standard InChI is InChI=1S/C14H18N2O3S/c1-19-8-10-3-2-4-11(7-10)15-14(18)12-9-20-6-5-13(17)16-12/h2-4,7,12H,5-6,8-9H2,1H3,(H,15,18)(H,16,17)/t12-/m1/s1. The van der Waals surface area contributed by atoms with Crippen LogP contribution in [0.15, 0.2) is 24.3 Å². The van der Waals surface area contributed by atoms with Crippen LogP contribution >= 0.6 is 11.8 Å². The van der Waals surface area contributed by atoms with Crippen molar-refractivity contribution in [2.75, 3.05) is 23.9 Å². The van der Waals surface area contributed by atoms with Crippen LogP contribution in [-0.4, -0.2) is 36.5 Å². The Morgan fingerprint density at radius 1 is 1.55 bits per heavy atom. The van der Waals surface area contributed by atoms with Crippen LogP contribution in [0.25, 0.3) is 0 Å². The Morgan fingerprint density at radius 2 is 2.40 bits per heavy atom. The molecule has 0 aromatic heterocycles. The van der Waals surface area contributed by atoms with Crippen molar-refractivity contribution >= 4 is 29.3 Å². The summed E-state index contributed by atoms with van der Waals surface area (Å²) in [5.41, 5.74) is 1.71. The van der Waals surface area contributed by atoms with E-state index in [4.69, 9.17) is 4.74 Å². The molecule has 1 saturated heterocycles. The number of carbonyl (C=O) groups is 2. The molecule has 1 aromatic rings. The Bertz CT molecular complexity index is 493. The Kier molecular flexibility index (Phi) is 5.43. The second-order valence-corrected chi connectivity index (χ2v) is 5.72. The second-order valence-electron chi connectivity index (χ2n) is 4.57. The van der Waals surface area contributed by atoms with Crippen LogP contribution in [-0.2, 0) is 20.9 Å². The average molecular weight is 294 g/mol. The van der Waals surface area contributed by atoms with Gasteiger partial charge in [-0.05, 0) is 17.7 Å². The number of ether oxygens (including phenoxy) is 1. The smallest absolute Gasteiger partial charge is 0.247 e. The molecular formula is C14H18N2O3S. The summed E-state index contributed by atoms with van der Waals surface area (Å²) in [6.07, 6.45) is 0.470. The highest BCUT2D eigenvalue weighted by atomic mass is 32.2. The molecule has 0 unspecified atom stereocenters. The maximum absolute atomic E-state index is 12.2. The SMILES string of the molecule is COCc1cccc(NC(=O)[C@H]2CSCCC(=O)N2)c1. The van der Waals surface area contributed by atoms with Crippen LogP contribution in [0, 0.1) is 0 Å². The van der Waals surface area contributed by atoms with Gasteiger partial charge in [0.15, 0.2) is 0 Å². The summed E-state index contributed by atoms with van der Waals surface area (Å²) < 4.78 is 5.06. The van der Waals surface area contributed by atoms with E-state index in [0.717, 1.165) is 11.3 Å². The number of thioether (sulfide) groups is 1. The summed E-state index contributed by atoms with van der Waals surface area (Å²) in [5, 5.41) is 5.58. The molecule has 1 atom stereocenters. The van der Waals surface area contributed by atoms with Crippen molar-refractivity contribution in [2.24, 2.45) is 0 Å². The summed E-state index contributed by atoms with van der Waals surface area (Å²) in [6, 6.07) is 7.02. The molecule has 6 heteroatoms. The minimum absolute atomic E-state index is 0.0664. The molecule has 1 aliphatic rings. The van der Waals surface area contributed by atoms with Crippen molar-refractivity contribution in [3.05, 3.63) is 29.8 Å². The minimum Gasteiger partial charge on any atom is -0.380 e. The fourth-order valence-corrected chi connectivity index (χ4v) is 2.92. The largest absolute Gasteiger partial charge is 0.380 e. The van der Waals surface area contributed by atoms with Gasteiger partial charge in [0.2, 0.25) is 11.8 Å². The first-order valence-corrected chi connectivity index (χ1v) is 7.60. The van der Waals surface area contributed by atoms with Gasteiger partial charge >= 0.3 is 0 Å². The van der Waals surface area contributed by atoms with Gasteiger partial charge in [-0.3, -0.25) is 9.59 Å². The molecule has 1 fully saturated rings. The lowest BCUT2D eigenvalue weighted by atomic mass is 10.2. The van der Waals surface area contributed by atoms with Crippen LogP contribution in [0.3, 0.4) is 0 Å². The Hall–Kier alpha value is -1.53. The van der Waals surface area contributed by atoms with Gasteiger partial charge in [0.1, 0.15) is 6.04 Å². The number of rotatable bonds is 4. The molecule has 2 rings (SSSR count). The van der Waals surface area contributed by atoms with E-state index in [1.165, 1.54) is 0 Å². The van der Waals surface area contributed by atoms with Gasteiger partial charge in [-0.25, -0.2) is 0 Å². The summed E-state index contributed by atoms with van der Waals surface area (Å²) in [5.74, 6) is 1.12. The van der Waals surface area contributed by atoms with E-state index >= 15 is 0 Å². The monoisotopic (exact) mass is 294 g/mol. The van der Waals surface area contributed by atoms with Crippen molar-refractivity contribution in [2.45, 2.75) is 19.1 Å². The fourth-order valence-electron chi connectivity index (χ4n) is 1.95. The van der Waals surface area contributed by atoms with Crippen molar-refractivity contribution < 1.29 is 14.3 Å². The van der Waals surface area contributed by atoms with E-state index in [0.29, 0.717) is 24.5 Å². The molecule has 0 aliphatic carbocycles. The maximum atomic E-state index is 12.2. The van der Waals surface area contributed by atoms with Crippen molar-refractivity contribution in [1.29, 1.82) is 0 Å². The molecule has 0 spiro atoms. The lowest BCUT2D eigenvalue weighted by Crippen LogP contribution is -2.44. The average Bonchev–Trinajstić information content (AvgIpc) is 2.64. The minimum atomic E-state index is -0.471. The highest BCUT2D eigenvalue weighted by Gasteiger charge is 2.23. The zero-order chi connectivity index (χ0) is 14.4. The van der Waals surface area contributed by atoms with E-state index in [9.17, 15) is 9.59 Å². The van der Waals surface area contributed by atoms with Crippen molar-refractivity contribution in [1.82, 2.24) is 5.32 Å². The molecule has 5 nitrogen and oxygen atoms in total. The predicted molar refractivity (Wildman–Crippen MR) is 79.7 cm³/mol. The third kappa shape index (κ3) is 4.25. The number of carbonyl (C=O) groups excluding carboxylic acids is 2. The molecule has 1 aliphatic heterocycles. The van der Waals surface area contributed by atoms with E-state index in [2.05, 4.69) is 10.6 Å². The van der Waals surface area contributed by atoms with Crippen LogP contribution in [0.4, 0.5) is 5.69 Å². The van der Waals surface area contributed by atoms with Crippen LogP contribution < -0.4 is 10.6 Å². The molecular weight excluding hydrogens is 276 g/mol. The number of amides is 2. The van der Waals surface area contributed by atoms with E-state index < -0.39 is 6.04 Å². The molecule has 2 amide bonds. The molecule has 108 valence electrons. The first-order valence-electron chi connectivity index (χ1n) is 6.45. The number of hydrogen-bond donors (Lipinski definition) is 2. The lowest BCUT2D eigenvalue weighted by Gasteiger charge is -2.15. The summed E-state index contributed by atoms with van der Waals surface area (Å²) in [6.45, 7) is 0.500. The Morgan fingerprint density at radius 3 is 3.20 bits per heavy atom. The molecule has 0 bridgehead atoms. The molecule has 20 heavy (non-hydrogen) atoms. The summed E-state index contributed by atoms with van der Waals surface area (Å²) in [7, 11) is 1.63. The lowest BCUT2D eigenvalue weighted by molar-refractivity contribution is -0.125. The van der Waals surface area contributed by atoms with Crippen LogP contribution in [0.1, 0.15) is 12.0 Å². The van der Waals surface area contributed by atoms with E-state index in [-0.39, 0.29) is 11.8 Å². The van der Waals surface area contributed by atoms with Gasteiger partial charge in [-0.1, -0.05) is 12.1 Å². The third-order valence-electron chi connectivity index (χ3n) is 2.92. The normalized spacial score (nSPS) is 19.1. The van der Waals surface area contributed by atoms with Gasteiger partial charge in [0.25, 0.3) is 0 Å². The highest BCUT2D eigenvalue weighted by molar-refractivity contribution is 7.99. The van der Waals surface area contributed by atoms with E-state index in [1.54, 1.807) is 18.9 Å². The molecule has 1 aromatic carbocycles. The van der Waals surface area contributed by atoms with Crippen LogP contribution in [0.2, 0.25) is 0 Å². The van der Waals surface area contributed by atoms with Gasteiger partial charge < -0.3 is 15.4 Å². The molecule has 2 N–H and O–H groups in total. The fraction of sp³-hybridized carbons (Fsp3) is 0.429. The third-order valence-corrected chi connectivity index (χ3v) is 3.98. The number of hydrogen-bond acceptors (Lipinski definition) is 4. The first-order chi connectivity index (χ1) is 9.69. The van der Waals surface area contributed by atoms with E-state index in [1.807, 2.05) is 24.3 Å². The maximum Gasteiger partial charge on any atom is 0.247 e. The first kappa shape index (κ1) is 14.9. The topological polar surface area (TPSA) is 67.4 Å². The zero-order valence-corrected chi connectivity index (χ0v) is 12.2. The summed E-state index contributed by atoms with van der Waals surface area (Å²) in [4.78, 5) is 23.6. The zero-order valence-electron chi connectivity index (χ0n) is 11.3. The van der Waals surface area contributed by atoms with Crippen LogP contribution in [0.5, 0.6) is 0 Å². The Labute approximate surface area is 122 Å². The second kappa shape index (κ2) is 7.31. The van der Waals surface area contributed by atoms with Crippen molar-refractivity contribution in [3.63, 3.8) is 0 Å². The quantitative estimate of drug-likeness (QED) is 0.880. The molecule has 1 heterocycles. The van der Waals surface area contributed by atoms with Gasteiger partial charge in [0.05, 0.1) is 6.61 Å². The predicted octanol–water partition coefficient (Wildman–Crippen LogP) is 1.39. The number of nitrogens with one attached hydrogen (secondary N) is 2. The summed E-state index contributed by atoms with van der Waals surface area (Å²) >= 11 is 1.61. The molecule has 0 radical (unpaired) electrons. The Balaban J connectivity index is 1.99. The highest BCUT2D eigenvalue weighted by Crippen LogP contribution is 2.14. The number of methoxy groups -OCH3 is 1. The van der Waals surface area contributed by atoms with Gasteiger partial charge in [-0.2, -0.15) is 11.8 Å². The van der Waals surface area contributed by atoms with Gasteiger partial charge in [-0.15, -0.1) is 0 Å². The number of benzene rings is 1. The number of anilines is 1. The van der Waals surface area contributed by atoms with Crippen molar-refractivity contribution in [3.8, 4) is 0 Å². The van der Waals surface area contributed by atoms with Gasteiger partial charge in [0, 0.05) is 30.7 Å². The molecule has 0 saturated carbocycles.